The second-order valence-corrected chi connectivity index (χ2v) is 9.19. The van der Waals surface area contributed by atoms with Gasteiger partial charge in [-0.15, -0.1) is 0 Å². The van der Waals surface area contributed by atoms with Gasteiger partial charge >= 0.3 is 5.97 Å². The van der Waals surface area contributed by atoms with Crippen molar-refractivity contribution in [1.29, 1.82) is 0 Å². The van der Waals surface area contributed by atoms with Crippen LogP contribution in [0.25, 0.3) is 0 Å². The van der Waals surface area contributed by atoms with Crippen LogP contribution >= 0.6 is 0 Å². The van der Waals surface area contributed by atoms with E-state index in [1.165, 1.54) is 32.1 Å². The van der Waals surface area contributed by atoms with Crippen molar-refractivity contribution in [3.63, 3.8) is 0 Å². The minimum absolute atomic E-state index is 0.137. The van der Waals surface area contributed by atoms with Gasteiger partial charge in [-0.3, -0.25) is 4.79 Å². The molecule has 0 aliphatic rings. The monoisotopic (exact) mass is 596 g/mol. The predicted octanol–water partition coefficient (Wildman–Crippen LogP) is 3.84. The highest BCUT2D eigenvalue weighted by Gasteiger charge is 2.02. The Hall–Kier alpha value is -0.890. The van der Waals surface area contributed by atoms with Gasteiger partial charge in [0.2, 0.25) is 0 Å². The molecule has 0 amide bonds. The summed E-state index contributed by atoms with van der Waals surface area (Å²) in [5.74, 6) is -0.137. The van der Waals surface area contributed by atoms with Gasteiger partial charge in [0, 0.05) is 13.0 Å². The first-order valence-corrected chi connectivity index (χ1v) is 15.7. The molecular formula is C30H60O11. The molecule has 0 saturated carbocycles. The van der Waals surface area contributed by atoms with Crippen LogP contribution in [0.3, 0.4) is 0 Å². The minimum Gasteiger partial charge on any atom is -0.463 e. The largest absolute Gasteiger partial charge is 0.463 e. The van der Waals surface area contributed by atoms with Gasteiger partial charge in [0.25, 0.3) is 0 Å². The van der Waals surface area contributed by atoms with Gasteiger partial charge in [-0.1, -0.05) is 45.4 Å². The zero-order chi connectivity index (χ0) is 29.7. The molecule has 0 spiro atoms. The fourth-order valence-electron chi connectivity index (χ4n) is 3.42. The van der Waals surface area contributed by atoms with Gasteiger partial charge in [0.05, 0.1) is 112 Å². The molecule has 0 atom stereocenters. The van der Waals surface area contributed by atoms with Crippen LogP contribution in [0.1, 0.15) is 65.2 Å². The molecule has 246 valence electrons. The third-order valence-corrected chi connectivity index (χ3v) is 5.66. The van der Waals surface area contributed by atoms with E-state index in [0.717, 1.165) is 12.8 Å². The van der Waals surface area contributed by atoms with Crippen LogP contribution in [0, 0.1) is 0 Å². The maximum Gasteiger partial charge on any atom is 0.305 e. The van der Waals surface area contributed by atoms with Crippen molar-refractivity contribution in [2.75, 3.05) is 126 Å². The van der Waals surface area contributed by atoms with Gasteiger partial charge in [0.15, 0.2) is 0 Å². The van der Waals surface area contributed by atoms with Crippen molar-refractivity contribution in [1.82, 2.24) is 0 Å². The van der Waals surface area contributed by atoms with E-state index in [-0.39, 0.29) is 5.97 Å². The van der Waals surface area contributed by atoms with Crippen LogP contribution in [-0.4, -0.2) is 132 Å². The van der Waals surface area contributed by atoms with E-state index >= 15 is 0 Å². The molecule has 0 saturated heterocycles. The number of carbonyl (C=O) groups excluding carboxylic acids is 1. The third-order valence-electron chi connectivity index (χ3n) is 5.66. The number of rotatable bonds is 36. The van der Waals surface area contributed by atoms with E-state index in [1.807, 2.05) is 6.92 Å². The zero-order valence-corrected chi connectivity index (χ0v) is 26.1. The van der Waals surface area contributed by atoms with E-state index in [0.29, 0.717) is 132 Å². The Morgan fingerprint density at radius 2 is 0.659 bits per heavy atom. The zero-order valence-electron chi connectivity index (χ0n) is 26.1. The van der Waals surface area contributed by atoms with Crippen molar-refractivity contribution in [3.05, 3.63) is 0 Å². The van der Waals surface area contributed by atoms with Crippen molar-refractivity contribution in [2.45, 2.75) is 65.2 Å². The molecule has 41 heavy (non-hydrogen) atoms. The summed E-state index contributed by atoms with van der Waals surface area (Å²) >= 11 is 0. The van der Waals surface area contributed by atoms with E-state index in [2.05, 4.69) is 6.92 Å². The summed E-state index contributed by atoms with van der Waals surface area (Å²) < 4.78 is 53.8. The van der Waals surface area contributed by atoms with Gasteiger partial charge < -0.3 is 47.4 Å². The third kappa shape index (κ3) is 37.1. The molecule has 0 N–H and O–H groups in total. The molecule has 0 rings (SSSR count). The molecule has 0 unspecified atom stereocenters. The number of esters is 1. The average Bonchev–Trinajstić information content (AvgIpc) is 2.98. The summed E-state index contributed by atoms with van der Waals surface area (Å²) in [7, 11) is 0. The first-order chi connectivity index (χ1) is 20.3. The number of carbonyl (C=O) groups is 1. The lowest BCUT2D eigenvalue weighted by atomic mass is 10.1. The molecule has 0 aromatic heterocycles. The van der Waals surface area contributed by atoms with E-state index < -0.39 is 0 Å². The smallest absolute Gasteiger partial charge is 0.305 e. The topological polar surface area (TPSA) is 109 Å². The fraction of sp³-hybridized carbons (Fsp3) is 0.967. The number of ether oxygens (including phenoxy) is 10. The van der Waals surface area contributed by atoms with E-state index in [9.17, 15) is 4.79 Å². The normalized spacial score (nSPS) is 11.4. The van der Waals surface area contributed by atoms with Gasteiger partial charge in [0.1, 0.15) is 6.61 Å². The second kappa shape index (κ2) is 37.1. The standard InChI is InChI=1S/C30H60O11/c1-3-5-6-7-8-9-10-11-30(31)41-29-28-40-27-26-39-25-24-38-23-22-37-21-20-36-19-18-35-17-16-34-15-14-33-13-12-32-4-2/h3-29H2,1-2H3. The van der Waals surface area contributed by atoms with Crippen molar-refractivity contribution < 1.29 is 52.2 Å². The molecule has 0 aliphatic heterocycles. The molecule has 0 aliphatic carbocycles. The summed E-state index contributed by atoms with van der Waals surface area (Å²) in [6.45, 7) is 14.0. The summed E-state index contributed by atoms with van der Waals surface area (Å²) in [4.78, 5) is 11.7. The van der Waals surface area contributed by atoms with Crippen LogP contribution in [0.2, 0.25) is 0 Å². The SMILES string of the molecule is CCCCCCCCCC(=O)OCCOCCOCCOCCOCCOCCOCCOCCOCCOCC. The molecule has 0 fully saturated rings. The first kappa shape index (κ1) is 40.1. The summed E-state index contributed by atoms with van der Waals surface area (Å²) in [5, 5.41) is 0. The maximum absolute atomic E-state index is 11.7. The Balaban J connectivity index is 3.09. The van der Waals surface area contributed by atoms with Crippen LogP contribution in [0.5, 0.6) is 0 Å². The van der Waals surface area contributed by atoms with Crippen molar-refractivity contribution in [3.8, 4) is 0 Å². The van der Waals surface area contributed by atoms with Gasteiger partial charge in [-0.25, -0.2) is 0 Å². The van der Waals surface area contributed by atoms with Gasteiger partial charge in [-0.05, 0) is 13.3 Å². The Kier molecular flexibility index (Phi) is 36.3. The Bertz CT molecular complexity index is 497. The highest BCUT2D eigenvalue weighted by Crippen LogP contribution is 2.08. The quantitative estimate of drug-likeness (QED) is 0.0777. The van der Waals surface area contributed by atoms with E-state index in [4.69, 9.17) is 47.4 Å². The van der Waals surface area contributed by atoms with Crippen LogP contribution in [0.4, 0.5) is 0 Å². The maximum atomic E-state index is 11.7. The first-order valence-electron chi connectivity index (χ1n) is 15.7. The predicted molar refractivity (Wildman–Crippen MR) is 157 cm³/mol. The van der Waals surface area contributed by atoms with Crippen LogP contribution < -0.4 is 0 Å². The number of hydrogen-bond donors (Lipinski definition) is 0. The molecule has 0 aromatic carbocycles. The lowest BCUT2D eigenvalue weighted by Crippen LogP contribution is -2.15. The summed E-state index contributed by atoms with van der Waals surface area (Å²) in [6, 6.07) is 0. The molecule has 0 heterocycles. The number of unbranched alkanes of at least 4 members (excludes halogenated alkanes) is 6. The van der Waals surface area contributed by atoms with E-state index in [1.54, 1.807) is 0 Å². The number of hydrogen-bond acceptors (Lipinski definition) is 11. The van der Waals surface area contributed by atoms with Crippen LogP contribution in [-0.2, 0) is 52.2 Å². The van der Waals surface area contributed by atoms with Crippen LogP contribution in [0.15, 0.2) is 0 Å². The second-order valence-electron chi connectivity index (χ2n) is 9.19. The molecular weight excluding hydrogens is 536 g/mol. The molecule has 0 bridgehead atoms. The lowest BCUT2D eigenvalue weighted by molar-refractivity contribution is -0.145. The highest BCUT2D eigenvalue weighted by atomic mass is 16.6. The summed E-state index contributed by atoms with van der Waals surface area (Å²) in [5.41, 5.74) is 0. The van der Waals surface area contributed by atoms with Crippen molar-refractivity contribution in [2.24, 2.45) is 0 Å². The Morgan fingerprint density at radius 3 is 1.00 bits per heavy atom. The highest BCUT2D eigenvalue weighted by molar-refractivity contribution is 5.69. The Morgan fingerprint density at radius 1 is 0.366 bits per heavy atom. The summed E-state index contributed by atoms with van der Waals surface area (Å²) in [6.07, 6.45) is 8.82. The average molecular weight is 597 g/mol. The minimum atomic E-state index is -0.137. The fourth-order valence-corrected chi connectivity index (χ4v) is 3.42. The molecule has 0 aromatic rings. The van der Waals surface area contributed by atoms with Gasteiger partial charge in [-0.2, -0.15) is 0 Å². The lowest BCUT2D eigenvalue weighted by Gasteiger charge is -2.09. The molecule has 0 radical (unpaired) electrons. The molecule has 11 heteroatoms. The Labute approximate surface area is 249 Å². The van der Waals surface area contributed by atoms with Crippen molar-refractivity contribution >= 4 is 5.97 Å². The molecule has 11 nitrogen and oxygen atoms in total.